The van der Waals surface area contributed by atoms with Crippen molar-refractivity contribution in [1.29, 1.82) is 0 Å². The van der Waals surface area contributed by atoms with Gasteiger partial charge in [0.15, 0.2) is 6.04 Å². The standard InChI is InChI=1S/C15H17ClFNO4/c16-11-6-5-9(7-12(11)17)14(15(20)21)18-13(19)8-22-10-3-1-2-4-10/h5-7,10,14H,1-4,8H2,(H,18,19)(H,20,21). The molecule has 5 nitrogen and oxygen atoms in total. The number of halogens is 2. The van der Waals surface area contributed by atoms with Crippen LogP contribution in [0.5, 0.6) is 0 Å². The first-order chi connectivity index (χ1) is 10.5. The van der Waals surface area contributed by atoms with Gasteiger partial charge in [-0.3, -0.25) is 4.79 Å². The molecule has 1 aliphatic rings. The molecule has 0 heterocycles. The highest BCUT2D eigenvalue weighted by atomic mass is 35.5. The lowest BCUT2D eigenvalue weighted by Crippen LogP contribution is -2.36. The lowest BCUT2D eigenvalue weighted by atomic mass is 10.1. The number of carboxylic acid groups (broad SMARTS) is 1. The average molecular weight is 330 g/mol. The van der Waals surface area contributed by atoms with Crippen molar-refractivity contribution in [2.75, 3.05) is 6.61 Å². The van der Waals surface area contributed by atoms with Crippen LogP contribution in [0.4, 0.5) is 4.39 Å². The van der Waals surface area contributed by atoms with E-state index >= 15 is 0 Å². The van der Waals surface area contributed by atoms with Crippen molar-refractivity contribution < 1.29 is 23.8 Å². The molecule has 0 aliphatic heterocycles. The molecule has 1 fully saturated rings. The molecule has 120 valence electrons. The molecule has 1 aliphatic carbocycles. The van der Waals surface area contributed by atoms with Gasteiger partial charge in [-0.1, -0.05) is 30.5 Å². The summed E-state index contributed by atoms with van der Waals surface area (Å²) in [6.07, 6.45) is 4.04. The Bertz CT molecular complexity index is 560. The normalized spacial score (nSPS) is 16.5. The highest BCUT2D eigenvalue weighted by molar-refractivity contribution is 6.30. The first-order valence-corrected chi connectivity index (χ1v) is 7.44. The van der Waals surface area contributed by atoms with E-state index in [4.69, 9.17) is 16.3 Å². The van der Waals surface area contributed by atoms with Crippen molar-refractivity contribution in [2.24, 2.45) is 0 Å². The first kappa shape index (κ1) is 16.7. The molecule has 1 aromatic rings. The number of ether oxygens (including phenoxy) is 1. The van der Waals surface area contributed by atoms with E-state index in [9.17, 15) is 19.1 Å². The molecular formula is C15H17ClFNO4. The fourth-order valence-electron chi connectivity index (χ4n) is 2.43. The Hall–Kier alpha value is -1.66. The maximum absolute atomic E-state index is 13.4. The van der Waals surface area contributed by atoms with E-state index in [1.807, 2.05) is 0 Å². The van der Waals surface area contributed by atoms with Crippen molar-refractivity contribution in [2.45, 2.75) is 37.8 Å². The highest BCUT2D eigenvalue weighted by Gasteiger charge is 2.24. The summed E-state index contributed by atoms with van der Waals surface area (Å²) in [5.74, 6) is -2.56. The summed E-state index contributed by atoms with van der Waals surface area (Å²) >= 11 is 5.56. The Balaban J connectivity index is 1.97. The molecule has 0 saturated heterocycles. The Morgan fingerprint density at radius 3 is 2.68 bits per heavy atom. The smallest absolute Gasteiger partial charge is 0.330 e. The number of amides is 1. The second-order valence-electron chi connectivity index (χ2n) is 5.23. The SMILES string of the molecule is O=C(COC1CCCC1)NC(C(=O)O)c1ccc(Cl)c(F)c1. The van der Waals surface area contributed by atoms with Crippen LogP contribution in [-0.2, 0) is 14.3 Å². The van der Waals surface area contributed by atoms with E-state index in [-0.39, 0.29) is 23.3 Å². The minimum absolute atomic E-state index is 0.0574. The molecule has 2 rings (SSSR count). The van der Waals surface area contributed by atoms with Crippen molar-refractivity contribution >= 4 is 23.5 Å². The number of rotatable bonds is 6. The summed E-state index contributed by atoms with van der Waals surface area (Å²) in [6.45, 7) is -0.204. The lowest BCUT2D eigenvalue weighted by molar-refractivity contribution is -0.143. The zero-order chi connectivity index (χ0) is 16.1. The number of carbonyl (C=O) groups excluding carboxylic acids is 1. The number of nitrogens with one attached hydrogen (secondary N) is 1. The van der Waals surface area contributed by atoms with E-state index in [0.717, 1.165) is 31.7 Å². The second-order valence-corrected chi connectivity index (χ2v) is 5.64. The minimum atomic E-state index is -1.34. The molecule has 0 spiro atoms. The topological polar surface area (TPSA) is 75.6 Å². The van der Waals surface area contributed by atoms with Crippen LogP contribution in [0.1, 0.15) is 37.3 Å². The Morgan fingerprint density at radius 1 is 1.41 bits per heavy atom. The predicted octanol–water partition coefficient (Wildman–Crippen LogP) is 2.68. The van der Waals surface area contributed by atoms with Gasteiger partial charge >= 0.3 is 5.97 Å². The number of hydrogen-bond acceptors (Lipinski definition) is 3. The van der Waals surface area contributed by atoms with E-state index < -0.39 is 23.7 Å². The fraction of sp³-hybridized carbons (Fsp3) is 0.467. The zero-order valence-corrected chi connectivity index (χ0v) is 12.6. The maximum atomic E-state index is 13.4. The molecule has 1 atom stereocenters. The fourth-order valence-corrected chi connectivity index (χ4v) is 2.55. The van der Waals surface area contributed by atoms with Gasteiger partial charge in [-0.15, -0.1) is 0 Å². The van der Waals surface area contributed by atoms with E-state index in [1.165, 1.54) is 12.1 Å². The van der Waals surface area contributed by atoms with Crippen LogP contribution < -0.4 is 5.32 Å². The van der Waals surface area contributed by atoms with Crippen LogP contribution in [0.3, 0.4) is 0 Å². The van der Waals surface area contributed by atoms with Crippen LogP contribution in [0.15, 0.2) is 18.2 Å². The van der Waals surface area contributed by atoms with Crippen molar-refractivity contribution in [3.63, 3.8) is 0 Å². The highest BCUT2D eigenvalue weighted by Crippen LogP contribution is 2.22. The summed E-state index contributed by atoms with van der Waals surface area (Å²) in [5, 5.41) is 11.4. The van der Waals surface area contributed by atoms with Gasteiger partial charge in [0.1, 0.15) is 12.4 Å². The Morgan fingerprint density at radius 2 is 2.09 bits per heavy atom. The number of aliphatic carboxylic acids is 1. The molecule has 0 bridgehead atoms. The van der Waals surface area contributed by atoms with Gasteiger partial charge in [-0.25, -0.2) is 9.18 Å². The summed E-state index contributed by atoms with van der Waals surface area (Å²) in [4.78, 5) is 23.1. The summed E-state index contributed by atoms with van der Waals surface area (Å²) in [5.41, 5.74) is 0.114. The number of benzene rings is 1. The van der Waals surface area contributed by atoms with Gasteiger partial charge in [-0.05, 0) is 30.5 Å². The average Bonchev–Trinajstić information content (AvgIpc) is 2.98. The minimum Gasteiger partial charge on any atom is -0.479 e. The number of hydrogen-bond donors (Lipinski definition) is 2. The second kappa shape index (κ2) is 7.56. The molecule has 0 radical (unpaired) electrons. The third-order valence-electron chi connectivity index (χ3n) is 3.58. The Kier molecular flexibility index (Phi) is 5.74. The van der Waals surface area contributed by atoms with E-state index in [1.54, 1.807) is 0 Å². The van der Waals surface area contributed by atoms with Gasteiger partial charge in [0.05, 0.1) is 11.1 Å². The number of carboxylic acids is 1. The van der Waals surface area contributed by atoms with Crippen LogP contribution in [-0.4, -0.2) is 29.7 Å². The monoisotopic (exact) mass is 329 g/mol. The summed E-state index contributed by atoms with van der Waals surface area (Å²) < 4.78 is 18.9. The Labute approximate surface area is 132 Å². The van der Waals surface area contributed by atoms with Gasteiger partial charge in [-0.2, -0.15) is 0 Å². The molecule has 7 heteroatoms. The molecule has 1 amide bonds. The van der Waals surface area contributed by atoms with Gasteiger partial charge in [0.2, 0.25) is 5.91 Å². The summed E-state index contributed by atoms with van der Waals surface area (Å²) in [7, 11) is 0. The zero-order valence-electron chi connectivity index (χ0n) is 11.9. The molecule has 2 N–H and O–H groups in total. The van der Waals surface area contributed by atoms with Crippen molar-refractivity contribution in [3.8, 4) is 0 Å². The van der Waals surface area contributed by atoms with Gasteiger partial charge < -0.3 is 15.2 Å². The van der Waals surface area contributed by atoms with Crippen LogP contribution >= 0.6 is 11.6 Å². The van der Waals surface area contributed by atoms with Crippen molar-refractivity contribution in [3.05, 3.63) is 34.6 Å². The molecule has 1 aromatic carbocycles. The molecule has 1 unspecified atom stereocenters. The number of carbonyl (C=O) groups is 2. The lowest BCUT2D eigenvalue weighted by Gasteiger charge is -2.16. The summed E-state index contributed by atoms with van der Waals surface area (Å²) in [6, 6.07) is 2.27. The maximum Gasteiger partial charge on any atom is 0.330 e. The quantitative estimate of drug-likeness (QED) is 0.841. The molecule has 0 aromatic heterocycles. The van der Waals surface area contributed by atoms with Gasteiger partial charge in [0, 0.05) is 0 Å². The van der Waals surface area contributed by atoms with E-state index in [0.29, 0.717) is 0 Å². The van der Waals surface area contributed by atoms with Crippen LogP contribution in [0, 0.1) is 5.82 Å². The van der Waals surface area contributed by atoms with Crippen molar-refractivity contribution in [1.82, 2.24) is 5.32 Å². The largest absolute Gasteiger partial charge is 0.479 e. The van der Waals surface area contributed by atoms with Crippen LogP contribution in [0.2, 0.25) is 5.02 Å². The third kappa shape index (κ3) is 4.42. The third-order valence-corrected chi connectivity index (χ3v) is 3.89. The molecule has 22 heavy (non-hydrogen) atoms. The molecular weight excluding hydrogens is 313 g/mol. The molecule has 1 saturated carbocycles. The first-order valence-electron chi connectivity index (χ1n) is 7.06. The van der Waals surface area contributed by atoms with Gasteiger partial charge in [0.25, 0.3) is 0 Å². The van der Waals surface area contributed by atoms with Crippen LogP contribution in [0.25, 0.3) is 0 Å². The van der Waals surface area contributed by atoms with E-state index in [2.05, 4.69) is 5.32 Å². The predicted molar refractivity (Wildman–Crippen MR) is 78.1 cm³/mol.